The fraction of sp³-hybridized carbons (Fsp3) is 0.500. The number of nitrogens with zero attached hydrogens (tertiary/aromatic N) is 1. The summed E-state index contributed by atoms with van der Waals surface area (Å²) in [5, 5.41) is 0. The van der Waals surface area contributed by atoms with E-state index in [4.69, 9.17) is 0 Å². The van der Waals surface area contributed by atoms with Gasteiger partial charge in [0.25, 0.3) is 0 Å². The molecule has 0 atom stereocenters. The first-order chi connectivity index (χ1) is 5.24. The lowest BCUT2D eigenvalue weighted by atomic mass is 10.1. The van der Waals surface area contributed by atoms with Crippen LogP contribution in [0.1, 0.15) is 20.8 Å². The number of rotatable bonds is 1. The molecule has 0 unspecified atom stereocenters. The Bertz CT molecular complexity index is 258. The fourth-order valence-electron chi connectivity index (χ4n) is 1.03. The molecule has 0 saturated carbocycles. The van der Waals surface area contributed by atoms with Gasteiger partial charge in [-0.05, 0) is 18.9 Å². The summed E-state index contributed by atoms with van der Waals surface area (Å²) in [4.78, 5) is 4.36. The molecule has 1 aliphatic heterocycles. The van der Waals surface area contributed by atoms with Crippen LogP contribution in [0.3, 0.4) is 0 Å². The van der Waals surface area contributed by atoms with E-state index in [9.17, 15) is 0 Å². The second-order valence-electron chi connectivity index (χ2n) is 2.94. The molecular formula is C10H13N. The maximum Gasteiger partial charge on any atom is 0.0722 e. The van der Waals surface area contributed by atoms with Crippen molar-refractivity contribution in [2.45, 2.75) is 20.8 Å². The molecule has 11 heavy (non-hydrogen) atoms. The molecule has 58 valence electrons. The zero-order chi connectivity index (χ0) is 8.27. The van der Waals surface area contributed by atoms with Gasteiger partial charge in [-0.25, -0.2) is 0 Å². The molecule has 0 aromatic carbocycles. The lowest BCUT2D eigenvalue weighted by Crippen LogP contribution is -2.00. The summed E-state index contributed by atoms with van der Waals surface area (Å²) in [6.45, 7) is 6.94. The van der Waals surface area contributed by atoms with Gasteiger partial charge < -0.3 is 0 Å². The van der Waals surface area contributed by atoms with Gasteiger partial charge in [-0.1, -0.05) is 19.8 Å². The quantitative estimate of drug-likeness (QED) is 0.503. The standard InChI is InChI=1S/C10H13N/c1-4-5-9-6-10(8(2)3)11-7-9/h6,8H,7H2,1-3H3. The maximum absolute atomic E-state index is 4.36. The minimum absolute atomic E-state index is 0.533. The van der Waals surface area contributed by atoms with Crippen LogP contribution in [-0.4, -0.2) is 12.3 Å². The Morgan fingerprint density at radius 2 is 2.27 bits per heavy atom. The minimum atomic E-state index is 0.533. The second-order valence-corrected chi connectivity index (χ2v) is 2.94. The molecule has 1 heterocycles. The van der Waals surface area contributed by atoms with E-state index in [1.807, 2.05) is 6.92 Å². The molecule has 0 N–H and O–H groups in total. The van der Waals surface area contributed by atoms with Crippen LogP contribution in [0.25, 0.3) is 0 Å². The summed E-state index contributed by atoms with van der Waals surface area (Å²) in [5.41, 5.74) is 2.33. The fourth-order valence-corrected chi connectivity index (χ4v) is 1.03. The van der Waals surface area contributed by atoms with Gasteiger partial charge in [0.2, 0.25) is 0 Å². The Labute approximate surface area is 68.2 Å². The average molecular weight is 147 g/mol. The van der Waals surface area contributed by atoms with Gasteiger partial charge in [0, 0.05) is 11.3 Å². The topological polar surface area (TPSA) is 12.4 Å². The summed E-state index contributed by atoms with van der Waals surface area (Å²) in [7, 11) is 0. The number of allylic oxidation sites excluding steroid dienone is 1. The number of hydrogen-bond donors (Lipinski definition) is 0. The van der Waals surface area contributed by atoms with Crippen molar-refractivity contribution < 1.29 is 0 Å². The van der Waals surface area contributed by atoms with Crippen LogP contribution in [-0.2, 0) is 0 Å². The van der Waals surface area contributed by atoms with Crippen LogP contribution in [0.2, 0.25) is 0 Å². The van der Waals surface area contributed by atoms with Crippen LogP contribution in [0.5, 0.6) is 0 Å². The van der Waals surface area contributed by atoms with E-state index in [1.165, 1.54) is 5.71 Å². The predicted octanol–water partition coefficient (Wildman–Crippen LogP) is 2.05. The van der Waals surface area contributed by atoms with Gasteiger partial charge in [0.05, 0.1) is 6.54 Å². The van der Waals surface area contributed by atoms with E-state index in [2.05, 4.69) is 36.8 Å². The Morgan fingerprint density at radius 1 is 1.55 bits per heavy atom. The molecule has 0 fully saturated rings. The lowest BCUT2D eigenvalue weighted by molar-refractivity contribution is 0.887. The van der Waals surface area contributed by atoms with Gasteiger partial charge in [0.1, 0.15) is 0 Å². The van der Waals surface area contributed by atoms with Crippen molar-refractivity contribution in [2.75, 3.05) is 6.54 Å². The third kappa shape index (κ3) is 1.94. The zero-order valence-corrected chi connectivity index (χ0v) is 7.31. The normalized spacial score (nSPS) is 15.6. The molecule has 1 heteroatoms. The molecule has 0 saturated heterocycles. The third-order valence-electron chi connectivity index (χ3n) is 1.63. The Balaban J connectivity index is 2.68. The third-order valence-corrected chi connectivity index (χ3v) is 1.63. The highest BCUT2D eigenvalue weighted by Crippen LogP contribution is 2.10. The lowest BCUT2D eigenvalue weighted by Gasteiger charge is -1.98. The summed E-state index contributed by atoms with van der Waals surface area (Å²) in [6, 6.07) is 0. The average Bonchev–Trinajstić information content (AvgIpc) is 2.37. The van der Waals surface area contributed by atoms with E-state index >= 15 is 0 Å². The molecule has 0 bridgehead atoms. The van der Waals surface area contributed by atoms with E-state index in [0.29, 0.717) is 5.92 Å². The summed E-state index contributed by atoms with van der Waals surface area (Å²) < 4.78 is 0. The van der Waals surface area contributed by atoms with Crippen molar-refractivity contribution in [3.8, 4) is 11.8 Å². The predicted molar refractivity (Wildman–Crippen MR) is 48.7 cm³/mol. The van der Waals surface area contributed by atoms with E-state index in [-0.39, 0.29) is 0 Å². The maximum atomic E-state index is 4.36. The van der Waals surface area contributed by atoms with Crippen molar-refractivity contribution >= 4 is 5.71 Å². The van der Waals surface area contributed by atoms with Crippen LogP contribution >= 0.6 is 0 Å². The first kappa shape index (κ1) is 8.07. The SMILES string of the molecule is CC#CC1=CC(C(C)C)=NC1. The highest BCUT2D eigenvalue weighted by Gasteiger charge is 2.08. The van der Waals surface area contributed by atoms with Gasteiger partial charge in [0.15, 0.2) is 0 Å². The summed E-state index contributed by atoms with van der Waals surface area (Å²) >= 11 is 0. The van der Waals surface area contributed by atoms with Gasteiger partial charge in [-0.2, -0.15) is 0 Å². The molecule has 1 nitrogen and oxygen atoms in total. The molecule has 0 aromatic rings. The molecule has 0 amide bonds. The minimum Gasteiger partial charge on any atom is -0.284 e. The van der Waals surface area contributed by atoms with Crippen molar-refractivity contribution in [1.29, 1.82) is 0 Å². The van der Waals surface area contributed by atoms with Gasteiger partial charge >= 0.3 is 0 Å². The smallest absolute Gasteiger partial charge is 0.0722 e. The Kier molecular flexibility index (Phi) is 2.48. The molecular weight excluding hydrogens is 134 g/mol. The Hall–Kier alpha value is -1.03. The molecule has 0 radical (unpaired) electrons. The molecule has 0 aliphatic carbocycles. The first-order valence-electron chi connectivity index (χ1n) is 3.91. The highest BCUT2D eigenvalue weighted by atomic mass is 14.8. The van der Waals surface area contributed by atoms with Gasteiger partial charge in [-0.3, -0.25) is 4.99 Å². The van der Waals surface area contributed by atoms with Crippen LogP contribution in [0.15, 0.2) is 16.6 Å². The monoisotopic (exact) mass is 147 g/mol. The number of hydrogen-bond acceptors (Lipinski definition) is 1. The first-order valence-corrected chi connectivity index (χ1v) is 3.91. The molecule has 1 aliphatic rings. The largest absolute Gasteiger partial charge is 0.284 e. The van der Waals surface area contributed by atoms with Crippen LogP contribution in [0, 0.1) is 17.8 Å². The summed E-state index contributed by atoms with van der Waals surface area (Å²) in [6.07, 6.45) is 2.10. The van der Waals surface area contributed by atoms with E-state index in [0.717, 1.165) is 12.1 Å². The zero-order valence-electron chi connectivity index (χ0n) is 7.31. The van der Waals surface area contributed by atoms with E-state index in [1.54, 1.807) is 0 Å². The van der Waals surface area contributed by atoms with Gasteiger partial charge in [-0.15, -0.1) is 5.92 Å². The van der Waals surface area contributed by atoms with E-state index < -0.39 is 0 Å². The van der Waals surface area contributed by atoms with Crippen molar-refractivity contribution in [1.82, 2.24) is 0 Å². The Morgan fingerprint density at radius 3 is 2.73 bits per heavy atom. The van der Waals surface area contributed by atoms with Crippen molar-refractivity contribution in [2.24, 2.45) is 10.9 Å². The molecule has 0 spiro atoms. The molecule has 0 aromatic heterocycles. The van der Waals surface area contributed by atoms with Crippen molar-refractivity contribution in [3.63, 3.8) is 0 Å². The summed E-state index contributed by atoms with van der Waals surface area (Å²) in [5.74, 6) is 6.44. The molecule has 1 rings (SSSR count). The number of aliphatic imine (C=N–C) groups is 1. The van der Waals surface area contributed by atoms with Crippen LogP contribution in [0.4, 0.5) is 0 Å². The highest BCUT2D eigenvalue weighted by molar-refractivity contribution is 5.99. The second kappa shape index (κ2) is 3.39. The van der Waals surface area contributed by atoms with Crippen LogP contribution < -0.4 is 0 Å². The van der Waals surface area contributed by atoms with Crippen molar-refractivity contribution in [3.05, 3.63) is 11.6 Å².